The summed E-state index contributed by atoms with van der Waals surface area (Å²) in [6, 6.07) is 8.04. The highest BCUT2D eigenvalue weighted by Gasteiger charge is 1.97. The maximum atomic E-state index is 11.5. The van der Waals surface area contributed by atoms with Crippen molar-refractivity contribution in [1.82, 2.24) is 0 Å². The van der Waals surface area contributed by atoms with Crippen molar-refractivity contribution in [3.05, 3.63) is 41.5 Å². The van der Waals surface area contributed by atoms with Crippen molar-refractivity contribution in [3.8, 4) is 0 Å². The van der Waals surface area contributed by atoms with Crippen molar-refractivity contribution in [2.75, 3.05) is 6.61 Å². The van der Waals surface area contributed by atoms with Gasteiger partial charge < -0.3 is 4.74 Å². The number of ether oxygens (including phenoxy) is 1. The van der Waals surface area contributed by atoms with E-state index in [9.17, 15) is 4.79 Å². The molecule has 1 aromatic carbocycles. The number of aryl methyl sites for hydroxylation is 1. The molecule has 0 spiro atoms. The van der Waals surface area contributed by atoms with E-state index >= 15 is 0 Å². The van der Waals surface area contributed by atoms with E-state index in [4.69, 9.17) is 4.74 Å². The first-order chi connectivity index (χ1) is 9.72. The summed E-state index contributed by atoms with van der Waals surface area (Å²) in [6.45, 7) is 4.79. The molecule has 0 saturated carbocycles. The van der Waals surface area contributed by atoms with Crippen LogP contribution in [0.1, 0.15) is 56.6 Å². The first kappa shape index (κ1) is 16.5. The van der Waals surface area contributed by atoms with Gasteiger partial charge in [-0.1, -0.05) is 68.9 Å². The van der Waals surface area contributed by atoms with E-state index < -0.39 is 0 Å². The molecule has 0 N–H and O–H groups in total. The first-order valence-corrected chi connectivity index (χ1v) is 7.64. The molecule has 0 saturated heterocycles. The Morgan fingerprint density at radius 1 is 1.05 bits per heavy atom. The topological polar surface area (TPSA) is 26.3 Å². The predicted molar refractivity (Wildman–Crippen MR) is 84.5 cm³/mol. The van der Waals surface area contributed by atoms with Gasteiger partial charge in [-0.15, -0.1) is 0 Å². The number of benzene rings is 1. The molecule has 0 unspecified atom stereocenters. The van der Waals surface area contributed by atoms with Crippen molar-refractivity contribution >= 4 is 12.0 Å². The Bertz CT molecular complexity index is 404. The summed E-state index contributed by atoms with van der Waals surface area (Å²) >= 11 is 0. The Kier molecular flexibility index (Phi) is 8.44. The standard InChI is InChI=1S/C18H26O2/c1-3-4-5-6-7-8-15-20-18(19)14-13-17-11-9-16(2)10-12-17/h9-14H,3-8,15H2,1-2H3. The van der Waals surface area contributed by atoms with E-state index in [1.807, 2.05) is 31.2 Å². The minimum absolute atomic E-state index is 0.251. The lowest BCUT2D eigenvalue weighted by atomic mass is 10.1. The van der Waals surface area contributed by atoms with Gasteiger partial charge in [-0.2, -0.15) is 0 Å². The van der Waals surface area contributed by atoms with Gasteiger partial charge in [-0.05, 0) is 25.0 Å². The van der Waals surface area contributed by atoms with E-state index in [0.29, 0.717) is 6.61 Å². The summed E-state index contributed by atoms with van der Waals surface area (Å²) in [6.07, 6.45) is 10.5. The van der Waals surface area contributed by atoms with Gasteiger partial charge in [0.25, 0.3) is 0 Å². The summed E-state index contributed by atoms with van der Waals surface area (Å²) in [7, 11) is 0. The van der Waals surface area contributed by atoms with E-state index in [-0.39, 0.29) is 5.97 Å². The van der Waals surface area contributed by atoms with Crippen LogP contribution in [-0.4, -0.2) is 12.6 Å². The predicted octanol–water partition coefficient (Wildman–Crippen LogP) is 4.91. The quantitative estimate of drug-likeness (QED) is 0.363. The lowest BCUT2D eigenvalue weighted by Gasteiger charge is -2.02. The van der Waals surface area contributed by atoms with Crippen LogP contribution in [0.3, 0.4) is 0 Å². The van der Waals surface area contributed by atoms with Gasteiger partial charge in [0.05, 0.1) is 6.61 Å². The van der Waals surface area contributed by atoms with Gasteiger partial charge in [-0.3, -0.25) is 0 Å². The van der Waals surface area contributed by atoms with Gasteiger partial charge in [0.15, 0.2) is 0 Å². The Morgan fingerprint density at radius 2 is 1.70 bits per heavy atom. The Morgan fingerprint density at radius 3 is 2.40 bits per heavy atom. The average molecular weight is 274 g/mol. The molecule has 0 aromatic heterocycles. The smallest absolute Gasteiger partial charge is 0.330 e. The Labute approximate surface area is 122 Å². The van der Waals surface area contributed by atoms with Crippen LogP contribution in [0.5, 0.6) is 0 Å². The zero-order valence-electron chi connectivity index (χ0n) is 12.7. The third-order valence-corrected chi connectivity index (χ3v) is 3.23. The fourth-order valence-corrected chi connectivity index (χ4v) is 1.95. The van der Waals surface area contributed by atoms with E-state index in [2.05, 4.69) is 6.92 Å². The molecule has 0 aliphatic rings. The average Bonchev–Trinajstić information content (AvgIpc) is 2.46. The van der Waals surface area contributed by atoms with Crippen molar-refractivity contribution in [3.63, 3.8) is 0 Å². The first-order valence-electron chi connectivity index (χ1n) is 7.64. The molecule has 1 rings (SSSR count). The van der Waals surface area contributed by atoms with Crippen molar-refractivity contribution in [1.29, 1.82) is 0 Å². The molecule has 1 aromatic rings. The fraction of sp³-hybridized carbons (Fsp3) is 0.500. The Hall–Kier alpha value is -1.57. The molecule has 0 fully saturated rings. The summed E-state index contributed by atoms with van der Waals surface area (Å²) < 4.78 is 5.17. The summed E-state index contributed by atoms with van der Waals surface area (Å²) in [5, 5.41) is 0. The zero-order valence-corrected chi connectivity index (χ0v) is 12.7. The highest BCUT2D eigenvalue weighted by atomic mass is 16.5. The van der Waals surface area contributed by atoms with Crippen molar-refractivity contribution in [2.45, 2.75) is 52.4 Å². The molecule has 2 nitrogen and oxygen atoms in total. The largest absolute Gasteiger partial charge is 0.463 e. The molecule has 0 aliphatic heterocycles. The summed E-state index contributed by atoms with van der Waals surface area (Å²) in [5.74, 6) is -0.251. The number of esters is 1. The minimum atomic E-state index is -0.251. The zero-order chi connectivity index (χ0) is 14.6. The third kappa shape index (κ3) is 7.78. The van der Waals surface area contributed by atoms with Crippen LogP contribution in [0.2, 0.25) is 0 Å². The maximum absolute atomic E-state index is 11.5. The van der Waals surface area contributed by atoms with Gasteiger partial charge in [0.2, 0.25) is 0 Å². The van der Waals surface area contributed by atoms with Gasteiger partial charge in [0, 0.05) is 6.08 Å². The molecule has 0 radical (unpaired) electrons. The molecule has 110 valence electrons. The van der Waals surface area contributed by atoms with E-state index in [1.54, 1.807) is 6.08 Å². The molecule has 0 heterocycles. The SMILES string of the molecule is CCCCCCCCOC(=O)C=Cc1ccc(C)cc1. The molecule has 0 bridgehead atoms. The van der Waals surface area contributed by atoms with Crippen LogP contribution in [0, 0.1) is 6.92 Å². The summed E-state index contributed by atoms with van der Waals surface area (Å²) in [4.78, 5) is 11.5. The summed E-state index contributed by atoms with van der Waals surface area (Å²) in [5.41, 5.74) is 2.24. The molecule has 0 aliphatic carbocycles. The number of hydrogen-bond donors (Lipinski definition) is 0. The van der Waals surface area contributed by atoms with Crippen LogP contribution >= 0.6 is 0 Å². The monoisotopic (exact) mass is 274 g/mol. The maximum Gasteiger partial charge on any atom is 0.330 e. The van der Waals surface area contributed by atoms with Gasteiger partial charge in [0.1, 0.15) is 0 Å². The highest BCUT2D eigenvalue weighted by Crippen LogP contribution is 2.06. The van der Waals surface area contributed by atoms with Gasteiger partial charge >= 0.3 is 5.97 Å². The normalized spacial score (nSPS) is 10.9. The molecule has 0 atom stereocenters. The molecule has 2 heteroatoms. The van der Waals surface area contributed by atoms with Crippen LogP contribution in [0.4, 0.5) is 0 Å². The second kappa shape index (κ2) is 10.2. The van der Waals surface area contributed by atoms with Crippen LogP contribution < -0.4 is 0 Å². The molecular weight excluding hydrogens is 248 g/mol. The number of rotatable bonds is 9. The van der Waals surface area contributed by atoms with Crippen molar-refractivity contribution < 1.29 is 9.53 Å². The van der Waals surface area contributed by atoms with Crippen LogP contribution in [0.25, 0.3) is 6.08 Å². The van der Waals surface area contributed by atoms with Crippen molar-refractivity contribution in [2.24, 2.45) is 0 Å². The highest BCUT2D eigenvalue weighted by molar-refractivity contribution is 5.87. The van der Waals surface area contributed by atoms with E-state index in [0.717, 1.165) is 18.4 Å². The van der Waals surface area contributed by atoms with Crippen LogP contribution in [-0.2, 0) is 9.53 Å². The number of hydrogen-bond acceptors (Lipinski definition) is 2. The second-order valence-corrected chi connectivity index (χ2v) is 5.18. The molecular formula is C18H26O2. The van der Waals surface area contributed by atoms with Gasteiger partial charge in [-0.25, -0.2) is 4.79 Å². The number of unbranched alkanes of at least 4 members (excludes halogenated alkanes) is 5. The Balaban J connectivity index is 2.12. The lowest BCUT2D eigenvalue weighted by Crippen LogP contribution is -2.02. The van der Waals surface area contributed by atoms with Crippen LogP contribution in [0.15, 0.2) is 30.3 Å². The minimum Gasteiger partial charge on any atom is -0.463 e. The number of carbonyl (C=O) groups is 1. The van der Waals surface area contributed by atoms with E-state index in [1.165, 1.54) is 37.3 Å². The fourth-order valence-electron chi connectivity index (χ4n) is 1.95. The lowest BCUT2D eigenvalue weighted by molar-refractivity contribution is -0.137. The molecule has 0 amide bonds. The third-order valence-electron chi connectivity index (χ3n) is 3.23. The second-order valence-electron chi connectivity index (χ2n) is 5.18. The number of carbonyl (C=O) groups excluding carboxylic acids is 1. The molecule has 20 heavy (non-hydrogen) atoms.